The summed E-state index contributed by atoms with van der Waals surface area (Å²) < 4.78 is 1.70. The molecule has 8 nitrogen and oxygen atoms in total. The molecule has 1 saturated heterocycles. The van der Waals surface area contributed by atoms with Gasteiger partial charge in [0.1, 0.15) is 5.76 Å². The number of nitrogens with zero attached hydrogens (tertiary/aromatic N) is 5. The third-order valence-electron chi connectivity index (χ3n) is 6.57. The molecule has 1 amide bonds. The van der Waals surface area contributed by atoms with Gasteiger partial charge in [0.25, 0.3) is 11.7 Å². The normalized spacial score (nSPS) is 17.5. The minimum atomic E-state index is -0.708. The molecule has 1 aliphatic rings. The summed E-state index contributed by atoms with van der Waals surface area (Å²) in [7, 11) is 0. The summed E-state index contributed by atoms with van der Waals surface area (Å²) in [5, 5.41) is 15.8. The summed E-state index contributed by atoms with van der Waals surface area (Å²) in [5.74, 6) is -1.51. The molecule has 1 fully saturated rings. The molecule has 35 heavy (non-hydrogen) atoms. The highest BCUT2D eigenvalue weighted by Crippen LogP contribution is 2.39. The lowest BCUT2D eigenvalue weighted by atomic mass is 9.96. The molecular weight excluding hydrogens is 442 g/mol. The molecule has 2 aromatic heterocycles. The predicted molar refractivity (Wildman–Crippen MR) is 134 cm³/mol. The van der Waals surface area contributed by atoms with Crippen LogP contribution < -0.4 is 0 Å². The molecule has 0 aliphatic carbocycles. The van der Waals surface area contributed by atoms with Crippen molar-refractivity contribution in [2.24, 2.45) is 0 Å². The Morgan fingerprint density at radius 2 is 1.80 bits per heavy atom. The third kappa shape index (κ3) is 4.74. The molecule has 8 heteroatoms. The number of amides is 1. The van der Waals surface area contributed by atoms with Gasteiger partial charge in [-0.1, -0.05) is 38.1 Å². The Hall–Kier alpha value is -3.78. The number of hydrogen-bond acceptors (Lipinski definition) is 6. The maximum atomic E-state index is 13.2. The quantitative estimate of drug-likeness (QED) is 0.289. The van der Waals surface area contributed by atoms with Gasteiger partial charge < -0.3 is 14.9 Å². The third-order valence-corrected chi connectivity index (χ3v) is 6.57. The standard InChI is InChI=1S/C27H31N5O3/c1-4-30(5-2)15-10-16-31-24(20-11-9-14-28-17-20)23(26(34)27(31)35)25(33)22-18-29-32(19(22)3)21-12-7-6-8-13-21/h6-9,11-14,17-18,24,33H,4-5,10,15-16H2,1-3H3/b25-23+. The summed E-state index contributed by atoms with van der Waals surface area (Å²) >= 11 is 0. The Morgan fingerprint density at radius 1 is 1.06 bits per heavy atom. The molecule has 0 radical (unpaired) electrons. The van der Waals surface area contributed by atoms with E-state index < -0.39 is 17.7 Å². The van der Waals surface area contributed by atoms with Crippen LogP contribution in [0.25, 0.3) is 11.4 Å². The first kappa shape index (κ1) is 24.3. The molecule has 1 aliphatic heterocycles. The van der Waals surface area contributed by atoms with E-state index in [0.29, 0.717) is 23.4 Å². The van der Waals surface area contributed by atoms with E-state index in [2.05, 4.69) is 28.8 Å². The van der Waals surface area contributed by atoms with Crippen LogP contribution in [0.3, 0.4) is 0 Å². The molecule has 3 heterocycles. The van der Waals surface area contributed by atoms with Crippen molar-refractivity contribution in [1.82, 2.24) is 24.6 Å². The summed E-state index contributed by atoms with van der Waals surface area (Å²) in [6, 6.07) is 12.4. The van der Waals surface area contributed by atoms with Crippen molar-refractivity contribution < 1.29 is 14.7 Å². The van der Waals surface area contributed by atoms with Crippen LogP contribution in [0, 0.1) is 6.92 Å². The number of likely N-dealkylation sites (tertiary alicyclic amines) is 1. The van der Waals surface area contributed by atoms with Gasteiger partial charge in [0, 0.05) is 18.9 Å². The van der Waals surface area contributed by atoms with E-state index in [1.165, 1.54) is 6.20 Å². The lowest BCUT2D eigenvalue weighted by Gasteiger charge is -2.26. The average Bonchev–Trinajstić information content (AvgIpc) is 3.40. The van der Waals surface area contributed by atoms with Gasteiger partial charge in [-0.25, -0.2) is 4.68 Å². The van der Waals surface area contributed by atoms with Gasteiger partial charge in [-0.05, 0) is 56.7 Å². The van der Waals surface area contributed by atoms with E-state index in [4.69, 9.17) is 0 Å². The number of carbonyl (C=O) groups excluding carboxylic acids is 2. The van der Waals surface area contributed by atoms with Crippen LogP contribution >= 0.6 is 0 Å². The molecule has 1 atom stereocenters. The number of carbonyl (C=O) groups is 2. The molecular formula is C27H31N5O3. The number of rotatable bonds is 9. The topological polar surface area (TPSA) is 91.6 Å². The Bertz CT molecular complexity index is 1220. The molecule has 1 N–H and O–H groups in total. The van der Waals surface area contributed by atoms with Crippen molar-refractivity contribution in [1.29, 1.82) is 0 Å². The van der Waals surface area contributed by atoms with Gasteiger partial charge in [0.15, 0.2) is 0 Å². The zero-order valence-electron chi connectivity index (χ0n) is 20.4. The molecule has 182 valence electrons. The highest BCUT2D eigenvalue weighted by Gasteiger charge is 2.46. The number of pyridine rings is 1. The van der Waals surface area contributed by atoms with Crippen molar-refractivity contribution in [3.63, 3.8) is 0 Å². The van der Waals surface area contributed by atoms with Crippen molar-refractivity contribution >= 4 is 17.4 Å². The number of benzene rings is 1. The van der Waals surface area contributed by atoms with Crippen LogP contribution in [0.15, 0.2) is 66.6 Å². The van der Waals surface area contributed by atoms with Crippen molar-refractivity contribution in [2.75, 3.05) is 26.2 Å². The van der Waals surface area contributed by atoms with Gasteiger partial charge >= 0.3 is 0 Å². The zero-order chi connectivity index (χ0) is 24.9. The second-order valence-corrected chi connectivity index (χ2v) is 8.55. The van der Waals surface area contributed by atoms with Crippen LogP contribution in [0.2, 0.25) is 0 Å². The maximum Gasteiger partial charge on any atom is 0.295 e. The smallest absolute Gasteiger partial charge is 0.295 e. The van der Waals surface area contributed by atoms with E-state index in [9.17, 15) is 14.7 Å². The number of Topliss-reactive ketones (excluding diaryl/α,β-unsaturated/α-hetero) is 1. The fourth-order valence-corrected chi connectivity index (χ4v) is 4.62. The number of ketones is 1. The maximum absolute atomic E-state index is 13.2. The first-order valence-corrected chi connectivity index (χ1v) is 12.0. The zero-order valence-corrected chi connectivity index (χ0v) is 20.4. The molecule has 3 aromatic rings. The molecule has 0 saturated carbocycles. The lowest BCUT2D eigenvalue weighted by molar-refractivity contribution is -0.140. The first-order chi connectivity index (χ1) is 17.0. The molecule has 0 spiro atoms. The van der Waals surface area contributed by atoms with Crippen molar-refractivity contribution in [3.8, 4) is 5.69 Å². The molecule has 1 aromatic carbocycles. The van der Waals surface area contributed by atoms with Crippen LogP contribution in [0.5, 0.6) is 0 Å². The highest BCUT2D eigenvalue weighted by molar-refractivity contribution is 6.46. The lowest BCUT2D eigenvalue weighted by Crippen LogP contribution is -2.33. The largest absolute Gasteiger partial charge is 0.507 e. The number of aromatic nitrogens is 3. The second-order valence-electron chi connectivity index (χ2n) is 8.55. The van der Waals surface area contributed by atoms with E-state index in [1.807, 2.05) is 43.3 Å². The molecule has 0 bridgehead atoms. The molecule has 4 rings (SSSR count). The van der Waals surface area contributed by atoms with E-state index in [1.54, 1.807) is 28.0 Å². The summed E-state index contributed by atoms with van der Waals surface area (Å²) in [6.45, 7) is 9.09. The average molecular weight is 474 g/mol. The Balaban J connectivity index is 1.74. The van der Waals surface area contributed by atoms with Crippen LogP contribution in [0.4, 0.5) is 0 Å². The second kappa shape index (κ2) is 10.7. The summed E-state index contributed by atoms with van der Waals surface area (Å²) in [6.07, 6.45) is 5.54. The summed E-state index contributed by atoms with van der Waals surface area (Å²) in [5.41, 5.74) is 2.69. The van der Waals surface area contributed by atoms with Gasteiger partial charge in [-0.2, -0.15) is 5.10 Å². The monoisotopic (exact) mass is 473 g/mol. The van der Waals surface area contributed by atoms with Crippen LogP contribution in [-0.4, -0.2) is 67.5 Å². The van der Waals surface area contributed by atoms with Gasteiger partial charge in [0.05, 0.1) is 34.8 Å². The highest BCUT2D eigenvalue weighted by atomic mass is 16.3. The first-order valence-electron chi connectivity index (χ1n) is 12.0. The fraction of sp³-hybridized carbons (Fsp3) is 0.333. The van der Waals surface area contributed by atoms with Gasteiger partial charge in [0.2, 0.25) is 0 Å². The Kier molecular flexibility index (Phi) is 7.41. The minimum absolute atomic E-state index is 0.0709. The van der Waals surface area contributed by atoms with E-state index >= 15 is 0 Å². The van der Waals surface area contributed by atoms with Gasteiger partial charge in [-0.3, -0.25) is 14.6 Å². The number of hydrogen-bond donors (Lipinski definition) is 1. The SMILES string of the molecule is CCN(CC)CCCN1C(=O)C(=O)/C(=C(/O)c2cnn(-c3ccccc3)c2C)C1c1cccnc1. The van der Waals surface area contributed by atoms with E-state index in [-0.39, 0.29) is 11.3 Å². The van der Waals surface area contributed by atoms with Crippen LogP contribution in [0.1, 0.15) is 43.1 Å². The number of aliphatic hydroxyl groups is 1. The van der Waals surface area contributed by atoms with Gasteiger partial charge in [-0.15, -0.1) is 0 Å². The minimum Gasteiger partial charge on any atom is -0.507 e. The van der Waals surface area contributed by atoms with Crippen molar-refractivity contribution in [2.45, 2.75) is 33.2 Å². The van der Waals surface area contributed by atoms with E-state index in [0.717, 1.165) is 31.7 Å². The summed E-state index contributed by atoms with van der Waals surface area (Å²) in [4.78, 5) is 34.4. The molecule has 1 unspecified atom stereocenters. The number of para-hydroxylation sites is 1. The van der Waals surface area contributed by atoms with Crippen LogP contribution in [-0.2, 0) is 9.59 Å². The number of aliphatic hydroxyl groups excluding tert-OH is 1. The Labute approximate surface area is 205 Å². The van der Waals surface area contributed by atoms with Crippen molar-refractivity contribution in [3.05, 3.63) is 83.4 Å². The Morgan fingerprint density at radius 3 is 2.46 bits per heavy atom. The fourth-order valence-electron chi connectivity index (χ4n) is 4.62. The predicted octanol–water partition coefficient (Wildman–Crippen LogP) is 3.73.